The van der Waals surface area contributed by atoms with E-state index in [1.807, 2.05) is 0 Å². The summed E-state index contributed by atoms with van der Waals surface area (Å²) >= 11 is 0. The van der Waals surface area contributed by atoms with Gasteiger partial charge in [0, 0.05) is 7.05 Å². The van der Waals surface area contributed by atoms with E-state index < -0.39 is 10.0 Å². The Morgan fingerprint density at radius 1 is 1.69 bits per heavy atom. The second kappa shape index (κ2) is 3.48. The molecule has 1 aliphatic rings. The second-order valence-corrected chi connectivity index (χ2v) is 5.75. The predicted molar refractivity (Wildman–Crippen MR) is 59.8 cm³/mol. The van der Waals surface area contributed by atoms with Gasteiger partial charge < -0.3 is 5.73 Å². The number of aromatic nitrogens is 2. The largest absolute Gasteiger partial charge is 0.384 e. The highest BCUT2D eigenvalue weighted by Crippen LogP contribution is 2.30. The average Bonchev–Trinajstić information content (AvgIpc) is 2.94. The highest BCUT2D eigenvalue weighted by atomic mass is 32.2. The summed E-state index contributed by atoms with van der Waals surface area (Å²) in [6.07, 6.45) is 2.73. The fraction of sp³-hybridized carbons (Fsp3) is 0.500. The van der Waals surface area contributed by atoms with E-state index in [1.165, 1.54) is 10.9 Å². The molecule has 1 aromatic rings. The molecule has 0 aromatic carbocycles. The summed E-state index contributed by atoms with van der Waals surface area (Å²) in [4.78, 5) is 0. The average molecular weight is 243 g/mol. The van der Waals surface area contributed by atoms with Crippen LogP contribution in [0.5, 0.6) is 0 Å². The maximum Gasteiger partial charge on any atom is 0.236 e. The van der Waals surface area contributed by atoms with Crippen LogP contribution in [-0.4, -0.2) is 29.3 Å². The first-order chi connectivity index (χ1) is 7.42. The van der Waals surface area contributed by atoms with Crippen LogP contribution in [0.2, 0.25) is 0 Å². The lowest BCUT2D eigenvalue weighted by molar-refractivity contribution is 0.599. The maximum absolute atomic E-state index is 11.7. The standard InChI is InChI=1S/C8H13N5O2S/c1-13-8(6(4-11-13)7(9)10)12-16(14,15)5-2-3-5/h4-5,12H,2-3H2,1H3,(H3,9,10). The molecular weight excluding hydrogens is 230 g/mol. The van der Waals surface area contributed by atoms with Crippen LogP contribution in [-0.2, 0) is 17.1 Å². The van der Waals surface area contributed by atoms with Gasteiger partial charge in [0.05, 0.1) is 17.0 Å². The van der Waals surface area contributed by atoms with E-state index in [1.54, 1.807) is 7.05 Å². The minimum Gasteiger partial charge on any atom is -0.384 e. The van der Waals surface area contributed by atoms with Gasteiger partial charge in [-0.15, -0.1) is 0 Å². The molecule has 0 atom stereocenters. The fourth-order valence-electron chi connectivity index (χ4n) is 1.35. The number of nitrogens with zero attached hydrogens (tertiary/aromatic N) is 2. The number of hydrogen-bond acceptors (Lipinski definition) is 4. The Bertz CT molecular complexity index is 529. The van der Waals surface area contributed by atoms with Crippen molar-refractivity contribution in [3.8, 4) is 0 Å². The van der Waals surface area contributed by atoms with Crippen molar-refractivity contribution in [2.45, 2.75) is 18.1 Å². The molecule has 0 amide bonds. The van der Waals surface area contributed by atoms with Crippen LogP contribution in [0.4, 0.5) is 5.82 Å². The third-order valence-electron chi connectivity index (χ3n) is 2.43. The Kier molecular flexibility index (Phi) is 2.38. The van der Waals surface area contributed by atoms with Crippen LogP contribution >= 0.6 is 0 Å². The van der Waals surface area contributed by atoms with Gasteiger partial charge in [0.15, 0.2) is 0 Å². The smallest absolute Gasteiger partial charge is 0.236 e. The number of amidine groups is 1. The highest BCUT2D eigenvalue weighted by molar-refractivity contribution is 7.93. The number of nitrogens with two attached hydrogens (primary N) is 1. The van der Waals surface area contributed by atoms with E-state index in [-0.39, 0.29) is 16.9 Å². The summed E-state index contributed by atoms with van der Waals surface area (Å²) in [5.74, 6) is 0.0426. The SMILES string of the molecule is Cn1ncc(C(=N)N)c1NS(=O)(=O)C1CC1. The molecule has 4 N–H and O–H groups in total. The second-order valence-electron chi connectivity index (χ2n) is 3.79. The Labute approximate surface area is 93.2 Å². The van der Waals surface area contributed by atoms with Crippen molar-refractivity contribution in [1.29, 1.82) is 5.41 Å². The first-order valence-electron chi connectivity index (χ1n) is 4.80. The van der Waals surface area contributed by atoms with Gasteiger partial charge in [0.1, 0.15) is 11.7 Å². The van der Waals surface area contributed by atoms with Gasteiger partial charge in [-0.3, -0.25) is 14.8 Å². The van der Waals surface area contributed by atoms with Crippen molar-refractivity contribution in [2.75, 3.05) is 4.72 Å². The molecule has 0 radical (unpaired) electrons. The van der Waals surface area contributed by atoms with E-state index in [2.05, 4.69) is 9.82 Å². The number of nitrogens with one attached hydrogen (secondary N) is 2. The highest BCUT2D eigenvalue weighted by Gasteiger charge is 2.36. The zero-order valence-electron chi connectivity index (χ0n) is 8.77. The van der Waals surface area contributed by atoms with E-state index in [0.29, 0.717) is 18.4 Å². The topological polar surface area (TPSA) is 114 Å². The fourth-order valence-corrected chi connectivity index (χ4v) is 2.79. The van der Waals surface area contributed by atoms with Gasteiger partial charge in [0.2, 0.25) is 10.0 Å². The summed E-state index contributed by atoms with van der Waals surface area (Å²) in [6, 6.07) is 0. The van der Waals surface area contributed by atoms with E-state index in [0.717, 1.165) is 0 Å². The van der Waals surface area contributed by atoms with Gasteiger partial charge >= 0.3 is 0 Å². The van der Waals surface area contributed by atoms with Crippen LogP contribution in [0.1, 0.15) is 18.4 Å². The summed E-state index contributed by atoms with van der Waals surface area (Å²) in [7, 11) is -1.76. The zero-order valence-corrected chi connectivity index (χ0v) is 9.58. The minimum absolute atomic E-state index is 0.207. The van der Waals surface area contributed by atoms with Crippen molar-refractivity contribution in [3.05, 3.63) is 11.8 Å². The van der Waals surface area contributed by atoms with Gasteiger partial charge in [-0.25, -0.2) is 8.42 Å². The molecular formula is C8H13N5O2S. The lowest BCUT2D eigenvalue weighted by Gasteiger charge is -2.08. The molecule has 2 rings (SSSR count). The van der Waals surface area contributed by atoms with E-state index in [4.69, 9.17) is 11.1 Å². The molecule has 8 heteroatoms. The molecule has 16 heavy (non-hydrogen) atoms. The summed E-state index contributed by atoms with van der Waals surface area (Å²) in [6.45, 7) is 0. The summed E-state index contributed by atoms with van der Waals surface area (Å²) < 4.78 is 27.2. The van der Waals surface area contributed by atoms with Crippen LogP contribution < -0.4 is 10.5 Å². The van der Waals surface area contributed by atoms with Crippen molar-refractivity contribution in [1.82, 2.24) is 9.78 Å². The normalized spacial score (nSPS) is 16.1. The summed E-state index contributed by atoms with van der Waals surface area (Å²) in [5, 5.41) is 10.9. The van der Waals surface area contributed by atoms with Crippen molar-refractivity contribution < 1.29 is 8.42 Å². The number of aryl methyl sites for hydroxylation is 1. The molecule has 0 unspecified atom stereocenters. The van der Waals surface area contributed by atoms with Crippen molar-refractivity contribution >= 4 is 21.7 Å². The van der Waals surface area contributed by atoms with E-state index in [9.17, 15) is 8.42 Å². The third kappa shape index (κ3) is 1.87. The first-order valence-corrected chi connectivity index (χ1v) is 6.34. The van der Waals surface area contributed by atoms with Crippen LogP contribution in [0, 0.1) is 5.41 Å². The molecule has 7 nitrogen and oxygen atoms in total. The first kappa shape index (κ1) is 10.9. The molecule has 1 fully saturated rings. The molecule has 1 aromatic heterocycles. The number of anilines is 1. The number of nitrogen functional groups attached to an aromatic ring is 1. The third-order valence-corrected chi connectivity index (χ3v) is 4.26. The molecule has 1 aliphatic carbocycles. The summed E-state index contributed by atoms with van der Waals surface area (Å²) in [5.41, 5.74) is 5.63. The Morgan fingerprint density at radius 3 is 2.81 bits per heavy atom. The molecule has 0 spiro atoms. The Hall–Kier alpha value is -1.57. The number of sulfonamides is 1. The van der Waals surface area contributed by atoms with Crippen molar-refractivity contribution in [3.63, 3.8) is 0 Å². The van der Waals surface area contributed by atoms with Gasteiger partial charge in [-0.05, 0) is 12.8 Å². The molecule has 1 heterocycles. The van der Waals surface area contributed by atoms with Crippen LogP contribution in [0.3, 0.4) is 0 Å². The molecule has 0 bridgehead atoms. The Balaban J connectivity index is 2.33. The lowest BCUT2D eigenvalue weighted by Crippen LogP contribution is -2.22. The molecule has 1 saturated carbocycles. The number of rotatable bonds is 4. The lowest BCUT2D eigenvalue weighted by atomic mass is 10.3. The molecule has 0 saturated heterocycles. The molecule has 88 valence electrons. The monoisotopic (exact) mass is 243 g/mol. The van der Waals surface area contributed by atoms with Crippen LogP contribution in [0.15, 0.2) is 6.20 Å². The Morgan fingerprint density at radius 2 is 2.31 bits per heavy atom. The predicted octanol–water partition coefficient (Wildman–Crippen LogP) is -0.392. The minimum atomic E-state index is -3.35. The van der Waals surface area contributed by atoms with Crippen molar-refractivity contribution in [2.24, 2.45) is 12.8 Å². The quantitative estimate of drug-likeness (QED) is 0.493. The van der Waals surface area contributed by atoms with Gasteiger partial charge in [0.25, 0.3) is 0 Å². The van der Waals surface area contributed by atoms with Crippen LogP contribution in [0.25, 0.3) is 0 Å². The molecule has 0 aliphatic heterocycles. The zero-order chi connectivity index (χ0) is 11.9. The maximum atomic E-state index is 11.7. The van der Waals surface area contributed by atoms with Gasteiger partial charge in [-0.1, -0.05) is 0 Å². The van der Waals surface area contributed by atoms with Gasteiger partial charge in [-0.2, -0.15) is 5.10 Å². The number of hydrogen-bond donors (Lipinski definition) is 3. The van der Waals surface area contributed by atoms with E-state index >= 15 is 0 Å².